The molecule has 0 saturated carbocycles. The van der Waals surface area contributed by atoms with Crippen LogP contribution < -0.4 is 0 Å². The average molecular weight is 308 g/mol. The Balaban J connectivity index is 1.77. The van der Waals surface area contributed by atoms with E-state index in [1.165, 1.54) is 0 Å². The third kappa shape index (κ3) is 2.79. The average Bonchev–Trinajstić information content (AvgIpc) is 2.95. The smallest absolute Gasteiger partial charge is 0.190 e. The molecule has 3 rings (SSSR count). The summed E-state index contributed by atoms with van der Waals surface area (Å²) in [5, 5.41) is 9.85. The summed E-state index contributed by atoms with van der Waals surface area (Å²) in [4.78, 5) is 0. The maximum Gasteiger partial charge on any atom is 0.190 e. The number of aliphatic hydroxyl groups is 1. The zero-order chi connectivity index (χ0) is 15.8. The van der Waals surface area contributed by atoms with Gasteiger partial charge < -0.3 is 24.1 Å². The molecule has 5 heteroatoms. The van der Waals surface area contributed by atoms with E-state index in [1.54, 1.807) is 0 Å². The van der Waals surface area contributed by atoms with E-state index in [4.69, 9.17) is 18.9 Å². The molecule has 2 fully saturated rings. The minimum Gasteiger partial charge on any atom is -0.393 e. The first-order chi connectivity index (χ1) is 10.5. The molecule has 0 unspecified atom stereocenters. The molecule has 122 valence electrons. The van der Waals surface area contributed by atoms with Crippen molar-refractivity contribution in [1.29, 1.82) is 0 Å². The molecule has 2 heterocycles. The van der Waals surface area contributed by atoms with Gasteiger partial charge in [0.25, 0.3) is 0 Å². The lowest BCUT2D eigenvalue weighted by molar-refractivity contribution is -0.252. The van der Waals surface area contributed by atoms with E-state index < -0.39 is 17.7 Å². The quantitative estimate of drug-likeness (QED) is 0.904. The van der Waals surface area contributed by atoms with E-state index in [0.717, 1.165) is 5.56 Å². The van der Waals surface area contributed by atoms with Gasteiger partial charge in [0.05, 0.1) is 13.2 Å². The molecule has 1 aromatic rings. The van der Waals surface area contributed by atoms with Crippen molar-refractivity contribution >= 4 is 0 Å². The number of benzene rings is 1. The molecular weight excluding hydrogens is 284 g/mol. The number of aliphatic hydroxyl groups excluding tert-OH is 1. The van der Waals surface area contributed by atoms with E-state index in [0.29, 0.717) is 13.0 Å². The third-order valence-electron chi connectivity index (χ3n) is 4.39. The lowest BCUT2D eigenvalue weighted by atomic mass is 9.93. The van der Waals surface area contributed by atoms with E-state index in [1.807, 2.05) is 51.1 Å². The van der Waals surface area contributed by atoms with Crippen molar-refractivity contribution in [2.75, 3.05) is 6.61 Å². The third-order valence-corrected chi connectivity index (χ3v) is 4.39. The predicted octanol–water partition coefficient (Wildman–Crippen LogP) is 2.22. The minimum absolute atomic E-state index is 0.122. The van der Waals surface area contributed by atoms with Gasteiger partial charge in [-0.15, -0.1) is 0 Å². The topological polar surface area (TPSA) is 57.2 Å². The van der Waals surface area contributed by atoms with Gasteiger partial charge >= 0.3 is 0 Å². The summed E-state index contributed by atoms with van der Waals surface area (Å²) in [5.41, 5.74) is 0.299. The van der Waals surface area contributed by atoms with Crippen LogP contribution in [-0.4, -0.2) is 41.6 Å². The van der Waals surface area contributed by atoms with Crippen LogP contribution >= 0.6 is 0 Å². The molecule has 22 heavy (non-hydrogen) atoms. The number of fused-ring (bicyclic) bond motifs is 1. The van der Waals surface area contributed by atoms with E-state index in [-0.39, 0.29) is 18.8 Å². The van der Waals surface area contributed by atoms with E-state index >= 15 is 0 Å². The highest BCUT2D eigenvalue weighted by atomic mass is 16.8. The Morgan fingerprint density at radius 3 is 2.50 bits per heavy atom. The summed E-state index contributed by atoms with van der Waals surface area (Å²) >= 11 is 0. The summed E-state index contributed by atoms with van der Waals surface area (Å²) in [6, 6.07) is 9.94. The van der Waals surface area contributed by atoms with Crippen molar-refractivity contribution < 1.29 is 24.1 Å². The Bertz CT molecular complexity index is 497. The maximum absolute atomic E-state index is 9.85. The zero-order valence-electron chi connectivity index (χ0n) is 13.3. The first-order valence-electron chi connectivity index (χ1n) is 7.79. The van der Waals surface area contributed by atoms with Crippen molar-refractivity contribution in [3.05, 3.63) is 35.9 Å². The van der Waals surface area contributed by atoms with Gasteiger partial charge in [0.15, 0.2) is 12.1 Å². The van der Waals surface area contributed by atoms with Crippen LogP contribution in [0.2, 0.25) is 0 Å². The normalized spacial score (nSPS) is 36.5. The van der Waals surface area contributed by atoms with Crippen LogP contribution in [0.15, 0.2) is 30.3 Å². The van der Waals surface area contributed by atoms with Crippen molar-refractivity contribution in [2.24, 2.45) is 0 Å². The van der Waals surface area contributed by atoms with Gasteiger partial charge in [-0.2, -0.15) is 0 Å². The molecule has 1 aromatic carbocycles. The Morgan fingerprint density at radius 2 is 1.86 bits per heavy atom. The molecule has 2 aliphatic rings. The van der Waals surface area contributed by atoms with Crippen LogP contribution in [0.4, 0.5) is 0 Å². The number of rotatable bonds is 5. The Labute approximate surface area is 131 Å². The highest BCUT2D eigenvalue weighted by Crippen LogP contribution is 2.45. The molecule has 0 aromatic heterocycles. The predicted molar refractivity (Wildman–Crippen MR) is 80.0 cm³/mol. The zero-order valence-corrected chi connectivity index (χ0v) is 13.3. The summed E-state index contributed by atoms with van der Waals surface area (Å²) in [7, 11) is 0. The van der Waals surface area contributed by atoms with Crippen LogP contribution in [0.1, 0.15) is 32.8 Å². The monoisotopic (exact) mass is 308 g/mol. The number of ether oxygens (including phenoxy) is 4. The molecule has 2 saturated heterocycles. The summed E-state index contributed by atoms with van der Waals surface area (Å²) < 4.78 is 23.8. The van der Waals surface area contributed by atoms with Crippen molar-refractivity contribution in [3.63, 3.8) is 0 Å². The second kappa shape index (κ2) is 5.91. The van der Waals surface area contributed by atoms with Gasteiger partial charge in [0.2, 0.25) is 0 Å². The molecule has 5 nitrogen and oxygen atoms in total. The summed E-state index contributed by atoms with van der Waals surface area (Å²) in [6.45, 7) is 6.01. The lowest BCUT2D eigenvalue weighted by Gasteiger charge is -2.34. The van der Waals surface area contributed by atoms with Gasteiger partial charge in [-0.1, -0.05) is 37.3 Å². The largest absolute Gasteiger partial charge is 0.393 e. The van der Waals surface area contributed by atoms with Gasteiger partial charge in [-0.25, -0.2) is 0 Å². The fourth-order valence-corrected chi connectivity index (χ4v) is 3.18. The molecule has 0 amide bonds. The molecule has 2 aliphatic heterocycles. The highest BCUT2D eigenvalue weighted by Gasteiger charge is 2.61. The molecule has 0 spiro atoms. The van der Waals surface area contributed by atoms with E-state index in [9.17, 15) is 5.11 Å². The Kier molecular flexibility index (Phi) is 4.27. The first-order valence-corrected chi connectivity index (χ1v) is 7.79. The second-order valence-corrected chi connectivity index (χ2v) is 6.38. The highest BCUT2D eigenvalue weighted by molar-refractivity contribution is 5.14. The molecule has 1 N–H and O–H groups in total. The number of hydrogen-bond acceptors (Lipinski definition) is 5. The summed E-state index contributed by atoms with van der Waals surface area (Å²) in [6.07, 6.45) is -0.563. The van der Waals surface area contributed by atoms with Crippen molar-refractivity contribution in [2.45, 2.75) is 63.7 Å². The fraction of sp³-hybridized carbons (Fsp3) is 0.647. The molecule has 0 radical (unpaired) electrons. The molecular formula is C17H24O5. The standard InChI is InChI=1S/C17H24O5/c1-4-17(11-18)14(19-10-12-8-6-5-7-9-12)13-15(22-17)21-16(2,3)20-13/h5-9,13-15,18H,4,10-11H2,1-3H3/t13-,14+,15+,17+/m1/s1. The second-order valence-electron chi connectivity index (χ2n) is 6.38. The molecule has 0 aliphatic carbocycles. The SMILES string of the molecule is CC[C@@]1(CO)O[C@@H]2OC(C)(C)O[C@@H]2[C@@H]1OCc1ccccc1. The van der Waals surface area contributed by atoms with Crippen LogP contribution in [0.3, 0.4) is 0 Å². The molecule has 4 atom stereocenters. The first kappa shape index (κ1) is 15.9. The summed E-state index contributed by atoms with van der Waals surface area (Å²) in [5.74, 6) is -0.695. The van der Waals surface area contributed by atoms with Crippen LogP contribution in [-0.2, 0) is 25.6 Å². The fourth-order valence-electron chi connectivity index (χ4n) is 3.18. The lowest BCUT2D eigenvalue weighted by Crippen LogP contribution is -2.49. The van der Waals surface area contributed by atoms with Crippen molar-refractivity contribution in [3.8, 4) is 0 Å². The van der Waals surface area contributed by atoms with Crippen LogP contribution in [0, 0.1) is 0 Å². The van der Waals surface area contributed by atoms with Crippen LogP contribution in [0.5, 0.6) is 0 Å². The minimum atomic E-state index is -0.777. The van der Waals surface area contributed by atoms with Crippen molar-refractivity contribution in [1.82, 2.24) is 0 Å². The Hall–Kier alpha value is -0.980. The maximum atomic E-state index is 9.85. The van der Waals surface area contributed by atoms with Gasteiger partial charge in [-0.3, -0.25) is 0 Å². The molecule has 0 bridgehead atoms. The van der Waals surface area contributed by atoms with Gasteiger partial charge in [0.1, 0.15) is 17.8 Å². The number of hydrogen-bond donors (Lipinski definition) is 1. The Morgan fingerprint density at radius 1 is 1.14 bits per heavy atom. The van der Waals surface area contributed by atoms with Crippen LogP contribution in [0.25, 0.3) is 0 Å². The van der Waals surface area contributed by atoms with Gasteiger partial charge in [-0.05, 0) is 25.8 Å². The van der Waals surface area contributed by atoms with Gasteiger partial charge in [0, 0.05) is 0 Å². The van der Waals surface area contributed by atoms with E-state index in [2.05, 4.69) is 0 Å².